The molecule has 7 nitrogen and oxygen atoms in total. The maximum Gasteiger partial charge on any atom is 0.146 e. The Balaban J connectivity index is 1.58. The van der Waals surface area contributed by atoms with Gasteiger partial charge in [-0.3, -0.25) is 4.68 Å². The smallest absolute Gasteiger partial charge is 0.146 e. The van der Waals surface area contributed by atoms with Gasteiger partial charge in [-0.15, -0.1) is 0 Å². The summed E-state index contributed by atoms with van der Waals surface area (Å²) in [4.78, 5) is 0. The molecule has 0 radical (unpaired) electrons. The SMILES string of the molecule is COc1cc(-c2cnn(C)c2)cn2ncc(C#Cc3c(C)nn(-c4ccccc4)c3C)c12. The van der Waals surface area contributed by atoms with Crippen molar-refractivity contribution in [3.8, 4) is 34.4 Å². The molecule has 0 saturated heterocycles. The molecule has 158 valence electrons. The standard InChI is InChI=1S/C25H22N6O/c1-17-23(18(2)31(28-17)22-8-6-5-7-9-22)11-10-19-13-27-30-16-20(12-24(32-4)25(19)30)21-14-26-29(3)15-21/h5-9,12-16H,1-4H3. The Morgan fingerprint density at radius 2 is 1.75 bits per heavy atom. The molecule has 0 fully saturated rings. The van der Waals surface area contributed by atoms with Gasteiger partial charge in [-0.05, 0) is 32.0 Å². The minimum absolute atomic E-state index is 0.710. The first-order chi connectivity index (χ1) is 15.5. The van der Waals surface area contributed by atoms with E-state index in [0.29, 0.717) is 5.75 Å². The minimum atomic E-state index is 0.710. The van der Waals surface area contributed by atoms with Crippen molar-refractivity contribution < 1.29 is 4.74 Å². The molecule has 5 aromatic rings. The fourth-order valence-electron chi connectivity index (χ4n) is 3.83. The second kappa shape index (κ2) is 7.75. The second-order valence-corrected chi connectivity index (χ2v) is 7.59. The van der Waals surface area contributed by atoms with E-state index in [0.717, 1.165) is 44.8 Å². The number of rotatable bonds is 3. The lowest BCUT2D eigenvalue weighted by Crippen LogP contribution is -1.98. The third-order valence-corrected chi connectivity index (χ3v) is 5.45. The van der Waals surface area contributed by atoms with Crippen LogP contribution in [0.15, 0.2) is 61.2 Å². The molecule has 0 aliphatic carbocycles. The minimum Gasteiger partial charge on any atom is -0.494 e. The Hall–Kier alpha value is -4.31. The van der Waals surface area contributed by atoms with Gasteiger partial charge in [0.05, 0.1) is 47.7 Å². The van der Waals surface area contributed by atoms with E-state index in [9.17, 15) is 0 Å². The summed E-state index contributed by atoms with van der Waals surface area (Å²) in [5, 5.41) is 13.5. The highest BCUT2D eigenvalue weighted by Crippen LogP contribution is 2.29. The normalized spacial score (nSPS) is 10.9. The van der Waals surface area contributed by atoms with Crippen LogP contribution in [0.5, 0.6) is 5.75 Å². The van der Waals surface area contributed by atoms with Crippen LogP contribution >= 0.6 is 0 Å². The number of benzene rings is 1. The van der Waals surface area contributed by atoms with E-state index in [1.807, 2.05) is 80.6 Å². The number of aromatic nitrogens is 6. The van der Waals surface area contributed by atoms with E-state index in [4.69, 9.17) is 4.74 Å². The number of fused-ring (bicyclic) bond motifs is 1. The molecule has 0 N–H and O–H groups in total. The van der Waals surface area contributed by atoms with Crippen molar-refractivity contribution in [1.29, 1.82) is 0 Å². The van der Waals surface area contributed by atoms with Crippen LogP contribution < -0.4 is 4.74 Å². The third kappa shape index (κ3) is 3.32. The topological polar surface area (TPSA) is 62.2 Å². The predicted octanol–water partition coefficient (Wildman–Crippen LogP) is 3.95. The second-order valence-electron chi connectivity index (χ2n) is 7.59. The molecule has 7 heteroatoms. The molecule has 32 heavy (non-hydrogen) atoms. The Bertz CT molecular complexity index is 1490. The van der Waals surface area contributed by atoms with Crippen molar-refractivity contribution in [3.05, 3.63) is 83.7 Å². The molecule has 4 heterocycles. The van der Waals surface area contributed by atoms with Crippen molar-refractivity contribution in [3.63, 3.8) is 0 Å². The van der Waals surface area contributed by atoms with E-state index in [1.54, 1.807) is 22.5 Å². The summed E-state index contributed by atoms with van der Waals surface area (Å²) in [6, 6.07) is 12.1. The molecule has 0 atom stereocenters. The first kappa shape index (κ1) is 19.6. The van der Waals surface area contributed by atoms with Crippen LogP contribution in [0.3, 0.4) is 0 Å². The molecule has 0 unspecified atom stereocenters. The lowest BCUT2D eigenvalue weighted by molar-refractivity contribution is 0.417. The lowest BCUT2D eigenvalue weighted by atomic mass is 10.1. The highest BCUT2D eigenvalue weighted by molar-refractivity contribution is 5.75. The molecule has 5 rings (SSSR count). The summed E-state index contributed by atoms with van der Waals surface area (Å²) in [6.45, 7) is 4.02. The first-order valence-corrected chi connectivity index (χ1v) is 10.2. The monoisotopic (exact) mass is 422 g/mol. The molecular weight excluding hydrogens is 400 g/mol. The number of para-hydroxylation sites is 1. The van der Waals surface area contributed by atoms with Crippen molar-refractivity contribution in [2.75, 3.05) is 7.11 Å². The van der Waals surface area contributed by atoms with Gasteiger partial charge in [0.25, 0.3) is 0 Å². The van der Waals surface area contributed by atoms with Gasteiger partial charge in [-0.25, -0.2) is 9.20 Å². The molecule has 0 aliphatic heterocycles. The fraction of sp³-hybridized carbons (Fsp3) is 0.160. The molecule has 0 bridgehead atoms. The third-order valence-electron chi connectivity index (χ3n) is 5.45. The average molecular weight is 422 g/mol. The van der Waals surface area contributed by atoms with Gasteiger partial charge in [0.2, 0.25) is 0 Å². The van der Waals surface area contributed by atoms with Gasteiger partial charge in [-0.1, -0.05) is 30.0 Å². The molecule has 0 amide bonds. The van der Waals surface area contributed by atoms with Gasteiger partial charge in [0.15, 0.2) is 0 Å². The zero-order chi connectivity index (χ0) is 22.2. The molecule has 4 aromatic heterocycles. The molecule has 0 aliphatic rings. The Morgan fingerprint density at radius 3 is 2.47 bits per heavy atom. The lowest BCUT2D eigenvalue weighted by Gasteiger charge is -2.06. The van der Waals surface area contributed by atoms with Crippen molar-refractivity contribution in [2.45, 2.75) is 13.8 Å². The van der Waals surface area contributed by atoms with Gasteiger partial charge in [0.1, 0.15) is 11.3 Å². The predicted molar refractivity (Wildman–Crippen MR) is 123 cm³/mol. The number of ether oxygens (including phenoxy) is 1. The maximum absolute atomic E-state index is 5.68. The van der Waals surface area contributed by atoms with Crippen molar-refractivity contribution in [1.82, 2.24) is 29.2 Å². The van der Waals surface area contributed by atoms with E-state index in [-0.39, 0.29) is 0 Å². The fourth-order valence-corrected chi connectivity index (χ4v) is 3.83. The van der Waals surface area contributed by atoms with Gasteiger partial charge in [-0.2, -0.15) is 15.3 Å². The summed E-state index contributed by atoms with van der Waals surface area (Å²) in [5.74, 6) is 7.31. The van der Waals surface area contributed by atoms with E-state index in [2.05, 4.69) is 27.1 Å². The Morgan fingerprint density at radius 1 is 0.938 bits per heavy atom. The van der Waals surface area contributed by atoms with Crippen molar-refractivity contribution in [2.24, 2.45) is 7.05 Å². The zero-order valence-corrected chi connectivity index (χ0v) is 18.4. The molecular formula is C25H22N6O. The number of methoxy groups -OCH3 is 1. The van der Waals surface area contributed by atoms with E-state index >= 15 is 0 Å². The number of pyridine rings is 1. The summed E-state index contributed by atoms with van der Waals surface area (Å²) in [6.07, 6.45) is 7.51. The van der Waals surface area contributed by atoms with Crippen LogP contribution in [0, 0.1) is 25.7 Å². The largest absolute Gasteiger partial charge is 0.494 e. The number of nitrogens with zero attached hydrogens (tertiary/aromatic N) is 6. The van der Waals surface area contributed by atoms with Crippen LogP contribution in [-0.4, -0.2) is 36.3 Å². The summed E-state index contributed by atoms with van der Waals surface area (Å²) >= 11 is 0. The average Bonchev–Trinajstić information content (AvgIpc) is 3.50. The summed E-state index contributed by atoms with van der Waals surface area (Å²) in [5.41, 5.74) is 7.42. The van der Waals surface area contributed by atoms with E-state index < -0.39 is 0 Å². The quantitative estimate of drug-likeness (QED) is 0.413. The molecule has 0 spiro atoms. The van der Waals surface area contributed by atoms with Crippen LogP contribution in [0.4, 0.5) is 0 Å². The van der Waals surface area contributed by atoms with Crippen LogP contribution in [-0.2, 0) is 7.05 Å². The van der Waals surface area contributed by atoms with Gasteiger partial charge < -0.3 is 4.74 Å². The number of hydrogen-bond donors (Lipinski definition) is 0. The van der Waals surface area contributed by atoms with Gasteiger partial charge >= 0.3 is 0 Å². The molecule has 0 saturated carbocycles. The highest BCUT2D eigenvalue weighted by Gasteiger charge is 2.14. The highest BCUT2D eigenvalue weighted by atomic mass is 16.5. The maximum atomic E-state index is 5.68. The zero-order valence-electron chi connectivity index (χ0n) is 18.4. The Kier molecular flexibility index (Phi) is 4.75. The summed E-state index contributed by atoms with van der Waals surface area (Å²) < 4.78 is 11.2. The van der Waals surface area contributed by atoms with Crippen LogP contribution in [0.1, 0.15) is 22.5 Å². The Labute approximate surface area is 185 Å². The molecule has 1 aromatic carbocycles. The first-order valence-electron chi connectivity index (χ1n) is 10.2. The summed E-state index contributed by atoms with van der Waals surface area (Å²) in [7, 11) is 3.55. The van der Waals surface area contributed by atoms with Crippen molar-refractivity contribution >= 4 is 5.52 Å². The van der Waals surface area contributed by atoms with Gasteiger partial charge in [0, 0.05) is 30.6 Å². The van der Waals surface area contributed by atoms with E-state index in [1.165, 1.54) is 0 Å². The number of hydrogen-bond acceptors (Lipinski definition) is 4. The van der Waals surface area contributed by atoms with Crippen LogP contribution in [0.25, 0.3) is 22.3 Å². The van der Waals surface area contributed by atoms with Crippen LogP contribution in [0.2, 0.25) is 0 Å². The number of aryl methyl sites for hydroxylation is 2.